The lowest BCUT2D eigenvalue weighted by atomic mass is 10.2. The van der Waals surface area contributed by atoms with Gasteiger partial charge in [0.1, 0.15) is 10.8 Å². The molecule has 0 saturated carbocycles. The van der Waals surface area contributed by atoms with Crippen molar-refractivity contribution in [2.24, 2.45) is 0 Å². The second-order valence-corrected chi connectivity index (χ2v) is 7.17. The van der Waals surface area contributed by atoms with E-state index in [2.05, 4.69) is 39.0 Å². The first-order valence-electron chi connectivity index (χ1n) is 7.58. The van der Waals surface area contributed by atoms with Gasteiger partial charge in [0.2, 0.25) is 0 Å². The first-order chi connectivity index (χ1) is 12.3. The highest BCUT2D eigenvalue weighted by Gasteiger charge is 2.08. The van der Waals surface area contributed by atoms with E-state index in [9.17, 15) is 0 Å². The molecule has 7 heteroatoms. The van der Waals surface area contributed by atoms with Crippen LogP contribution in [0.5, 0.6) is 5.75 Å². The Balaban J connectivity index is 1.51. The third-order valence-corrected chi connectivity index (χ3v) is 5.64. The van der Waals surface area contributed by atoms with Crippen LogP contribution in [0.3, 0.4) is 0 Å². The molecule has 1 aromatic carbocycles. The summed E-state index contributed by atoms with van der Waals surface area (Å²) >= 11 is 3.37. The molecular formula is C18H14N4OS2. The second kappa shape index (κ2) is 7.00. The fourth-order valence-corrected chi connectivity index (χ4v) is 4.00. The van der Waals surface area contributed by atoms with Crippen molar-refractivity contribution in [1.82, 2.24) is 20.2 Å². The predicted molar refractivity (Wildman–Crippen MR) is 102 cm³/mol. The van der Waals surface area contributed by atoms with Crippen LogP contribution in [0, 0.1) is 0 Å². The summed E-state index contributed by atoms with van der Waals surface area (Å²) in [6.07, 6.45) is 3.80. The highest BCUT2D eigenvalue weighted by Crippen LogP contribution is 2.32. The molecule has 0 aliphatic carbocycles. The Morgan fingerprint density at radius 2 is 1.88 bits per heavy atom. The van der Waals surface area contributed by atoms with Crippen LogP contribution in [-0.4, -0.2) is 27.3 Å². The van der Waals surface area contributed by atoms with E-state index in [0.29, 0.717) is 5.82 Å². The van der Waals surface area contributed by atoms with E-state index in [1.165, 1.54) is 9.75 Å². The predicted octanol–water partition coefficient (Wildman–Crippen LogP) is 4.63. The average Bonchev–Trinajstić information content (AvgIpc) is 3.40. The summed E-state index contributed by atoms with van der Waals surface area (Å²) in [6, 6.07) is 16.1. The zero-order valence-corrected chi connectivity index (χ0v) is 15.0. The summed E-state index contributed by atoms with van der Waals surface area (Å²) < 4.78 is 5.15. The van der Waals surface area contributed by atoms with Crippen LogP contribution in [-0.2, 0) is 0 Å². The fourth-order valence-electron chi connectivity index (χ4n) is 2.26. The maximum Gasteiger partial charge on any atom is 0.198 e. The molecule has 0 spiro atoms. The van der Waals surface area contributed by atoms with Gasteiger partial charge in [0.05, 0.1) is 7.11 Å². The van der Waals surface area contributed by atoms with Gasteiger partial charge in [-0.3, -0.25) is 0 Å². The van der Waals surface area contributed by atoms with Gasteiger partial charge in [-0.05, 0) is 52.6 Å². The monoisotopic (exact) mass is 366 g/mol. The summed E-state index contributed by atoms with van der Waals surface area (Å²) in [5, 5.41) is 15.7. The van der Waals surface area contributed by atoms with Crippen LogP contribution in [0.1, 0.15) is 11.4 Å². The molecule has 0 aliphatic rings. The number of nitrogens with zero attached hydrogens (tertiary/aromatic N) is 4. The number of benzene rings is 1. The number of hydrogen-bond acceptors (Lipinski definition) is 6. The van der Waals surface area contributed by atoms with E-state index >= 15 is 0 Å². The van der Waals surface area contributed by atoms with Crippen LogP contribution in [0.2, 0.25) is 0 Å². The summed E-state index contributed by atoms with van der Waals surface area (Å²) in [5.41, 5.74) is 1.05. The van der Waals surface area contributed by atoms with Crippen molar-refractivity contribution in [3.05, 3.63) is 65.3 Å². The molecule has 0 amide bonds. The van der Waals surface area contributed by atoms with Crippen LogP contribution < -0.4 is 4.74 Å². The smallest absolute Gasteiger partial charge is 0.198 e. The first kappa shape index (κ1) is 15.7. The van der Waals surface area contributed by atoms with Crippen molar-refractivity contribution in [3.63, 3.8) is 0 Å². The molecule has 4 rings (SSSR count). The Labute approximate surface area is 152 Å². The Bertz CT molecular complexity index is 984. The number of hydrogen-bond donors (Lipinski definition) is 0. The van der Waals surface area contributed by atoms with Gasteiger partial charge in [-0.1, -0.05) is 24.3 Å². The van der Waals surface area contributed by atoms with Crippen molar-refractivity contribution in [2.45, 2.75) is 0 Å². The van der Waals surface area contributed by atoms with Crippen molar-refractivity contribution in [3.8, 4) is 20.5 Å². The Hall–Kier alpha value is -2.77. The number of methoxy groups -OCH3 is 1. The number of aromatic nitrogens is 4. The molecular weight excluding hydrogens is 352 g/mol. The number of tetrazole rings is 1. The Kier molecular flexibility index (Phi) is 4.41. The summed E-state index contributed by atoms with van der Waals surface area (Å²) in [4.78, 5) is 4.02. The van der Waals surface area contributed by atoms with Gasteiger partial charge in [-0.2, -0.15) is 0 Å². The highest BCUT2D eigenvalue weighted by molar-refractivity contribution is 7.22. The van der Waals surface area contributed by atoms with Crippen LogP contribution in [0.15, 0.2) is 53.9 Å². The average molecular weight is 366 g/mol. The van der Waals surface area contributed by atoms with E-state index in [-0.39, 0.29) is 0 Å². The first-order valence-corrected chi connectivity index (χ1v) is 9.28. The van der Waals surface area contributed by atoms with Gasteiger partial charge in [-0.25, -0.2) is 0 Å². The highest BCUT2D eigenvalue weighted by atomic mass is 32.1. The summed E-state index contributed by atoms with van der Waals surface area (Å²) in [6.45, 7) is 0. The lowest BCUT2D eigenvalue weighted by molar-refractivity contribution is 0.415. The third-order valence-electron chi connectivity index (χ3n) is 3.52. The van der Waals surface area contributed by atoms with Gasteiger partial charge >= 0.3 is 0 Å². The third kappa shape index (κ3) is 3.52. The Morgan fingerprint density at radius 1 is 1.00 bits per heavy atom. The minimum absolute atomic E-state index is 0.571. The molecule has 0 atom stereocenters. The largest absolute Gasteiger partial charge is 0.497 e. The molecule has 0 radical (unpaired) electrons. The van der Waals surface area contributed by atoms with E-state index in [1.54, 1.807) is 34.6 Å². The van der Waals surface area contributed by atoms with Crippen molar-refractivity contribution < 1.29 is 4.74 Å². The molecule has 0 fully saturated rings. The molecule has 5 nitrogen and oxygen atoms in total. The van der Waals surface area contributed by atoms with Crippen LogP contribution >= 0.6 is 22.7 Å². The minimum atomic E-state index is 0.571. The molecule has 124 valence electrons. The van der Waals surface area contributed by atoms with Crippen molar-refractivity contribution >= 4 is 34.8 Å². The zero-order valence-electron chi connectivity index (χ0n) is 13.4. The van der Waals surface area contributed by atoms with Crippen molar-refractivity contribution in [2.75, 3.05) is 7.11 Å². The van der Waals surface area contributed by atoms with Gasteiger partial charge in [0.25, 0.3) is 0 Å². The lowest BCUT2D eigenvalue weighted by Gasteiger charge is -1.98. The van der Waals surface area contributed by atoms with E-state index in [4.69, 9.17) is 4.74 Å². The maximum atomic E-state index is 5.15. The van der Waals surface area contributed by atoms with Gasteiger partial charge in [0.15, 0.2) is 5.82 Å². The number of rotatable bonds is 5. The van der Waals surface area contributed by atoms with E-state index < -0.39 is 0 Å². The molecule has 0 unspecified atom stereocenters. The molecule has 0 N–H and O–H groups in total. The molecule has 0 saturated heterocycles. The SMILES string of the molecule is COc1ccc(/C=C/c2nnn(-c3ccc(-c4cccs4)s3)n2)cc1. The fraction of sp³-hybridized carbons (Fsp3) is 0.0556. The standard InChI is InChI=1S/C18H14N4OS2/c1-23-14-7-4-13(5-8-14)6-10-17-19-21-22(20-17)18-11-9-16(25-18)15-3-2-12-24-15/h2-12H,1H3/b10-6+. The molecule has 25 heavy (non-hydrogen) atoms. The molecule has 3 aromatic heterocycles. The van der Waals surface area contributed by atoms with E-state index in [1.807, 2.05) is 42.5 Å². The van der Waals surface area contributed by atoms with Gasteiger partial charge in [0, 0.05) is 9.75 Å². The quantitative estimate of drug-likeness (QED) is 0.517. The summed E-state index contributed by atoms with van der Waals surface area (Å²) in [5.74, 6) is 1.40. The molecule has 0 bridgehead atoms. The number of thiophene rings is 2. The molecule has 4 aromatic rings. The second-order valence-electron chi connectivity index (χ2n) is 5.16. The zero-order chi connectivity index (χ0) is 17.1. The van der Waals surface area contributed by atoms with E-state index in [0.717, 1.165) is 16.3 Å². The van der Waals surface area contributed by atoms with Crippen LogP contribution in [0.25, 0.3) is 26.9 Å². The van der Waals surface area contributed by atoms with Gasteiger partial charge < -0.3 is 4.74 Å². The molecule has 3 heterocycles. The molecule has 0 aliphatic heterocycles. The Morgan fingerprint density at radius 3 is 2.64 bits per heavy atom. The minimum Gasteiger partial charge on any atom is -0.497 e. The van der Waals surface area contributed by atoms with Gasteiger partial charge in [-0.15, -0.1) is 37.7 Å². The number of ether oxygens (including phenoxy) is 1. The lowest BCUT2D eigenvalue weighted by Crippen LogP contribution is -1.95. The summed E-state index contributed by atoms with van der Waals surface area (Å²) in [7, 11) is 1.65. The topological polar surface area (TPSA) is 52.8 Å². The van der Waals surface area contributed by atoms with Crippen molar-refractivity contribution in [1.29, 1.82) is 0 Å². The normalized spacial score (nSPS) is 11.2. The maximum absolute atomic E-state index is 5.15. The van der Waals surface area contributed by atoms with Crippen LogP contribution in [0.4, 0.5) is 0 Å².